The molecule has 12 fully saturated rings. The van der Waals surface area contributed by atoms with Crippen molar-refractivity contribution in [1.29, 1.82) is 0 Å². The van der Waals surface area contributed by atoms with Crippen LogP contribution >= 0.6 is 0 Å². The van der Waals surface area contributed by atoms with Gasteiger partial charge in [0.2, 0.25) is 0 Å². The first-order valence-corrected chi connectivity index (χ1v) is 35.4. The quantitative estimate of drug-likeness (QED) is 0.176. The molecular formula is C32H52F24N12O16S8. The number of nitrogens with zero attached hydrogens (tertiary/aromatic N) is 8. The number of hydrogen-bond acceptors (Lipinski definition) is 20. The summed E-state index contributed by atoms with van der Waals surface area (Å²) in [6.45, 7) is 26.5. The van der Waals surface area contributed by atoms with Crippen molar-refractivity contribution in [2.75, 3.05) is 157 Å². The van der Waals surface area contributed by atoms with E-state index in [2.05, 4.69) is 19.6 Å². The highest BCUT2D eigenvalue weighted by Crippen LogP contribution is 2.40. The van der Waals surface area contributed by atoms with Gasteiger partial charge in [0, 0.05) is 78.5 Å². The fraction of sp³-hybridized carbons (Fsp3) is 1.00. The molecule has 92 heavy (non-hydrogen) atoms. The van der Waals surface area contributed by atoms with E-state index in [1.807, 2.05) is 0 Å². The lowest BCUT2D eigenvalue weighted by Crippen LogP contribution is -3.17. The lowest BCUT2D eigenvalue weighted by molar-refractivity contribution is -0.914. The largest absolute Gasteiger partial charge is 0.480 e. The summed E-state index contributed by atoms with van der Waals surface area (Å²) in [6, 6.07) is 0. The lowest BCUT2D eigenvalue weighted by atomic mass is 10.2. The molecule has 0 spiro atoms. The molecule has 12 heterocycles. The smallest absolute Gasteiger partial charge is 0.421 e. The number of piperazine rings is 12. The molecule has 12 aliphatic heterocycles. The lowest BCUT2D eigenvalue weighted by Gasteiger charge is -2.38. The molecule has 0 aromatic carbocycles. The molecule has 0 radical (unpaired) electrons. The van der Waals surface area contributed by atoms with E-state index in [1.165, 1.54) is 0 Å². The molecule has 12 rings (SSSR count). The summed E-state index contributed by atoms with van der Waals surface area (Å²) in [7, 11) is -53.8. The van der Waals surface area contributed by atoms with E-state index in [-0.39, 0.29) is 0 Å². The molecule has 0 unspecified atom stereocenters. The second-order valence-electron chi connectivity index (χ2n) is 18.4. The minimum absolute atomic E-state index is 0.594. The van der Waals surface area contributed by atoms with Crippen LogP contribution in [0, 0.1) is 0 Å². The van der Waals surface area contributed by atoms with Gasteiger partial charge < -0.3 is 36.1 Å². The summed E-state index contributed by atoms with van der Waals surface area (Å²) in [5, 5.41) is 0. The van der Waals surface area contributed by atoms with Crippen molar-refractivity contribution in [3.05, 3.63) is 16.5 Å². The van der Waals surface area contributed by atoms with E-state index in [0.717, 1.165) is 174 Å². The Kier molecular flexibility index (Phi) is 27.8. The molecule has 60 heteroatoms. The molecule has 8 bridgehead atoms. The van der Waals surface area contributed by atoms with Gasteiger partial charge in [0.1, 0.15) is 0 Å². The Morgan fingerprint density at radius 1 is 0.207 bits per heavy atom. The van der Waals surface area contributed by atoms with Gasteiger partial charge in [-0.3, -0.25) is 19.6 Å². The minimum atomic E-state index is -6.72. The van der Waals surface area contributed by atoms with Crippen LogP contribution in [0.15, 0.2) is 0 Å². The molecular weight excluding hydrogens is 1520 g/mol. The third kappa shape index (κ3) is 27.7. The normalized spacial score (nSPS) is 29.5. The van der Waals surface area contributed by atoms with Gasteiger partial charge in [0.15, 0.2) is 80.2 Å². The summed E-state index contributed by atoms with van der Waals surface area (Å²) >= 11 is 0. The number of alkyl halides is 24. The molecule has 552 valence electrons. The average molecular weight is 1580 g/mol. The maximum atomic E-state index is 11.4. The number of sulfonamides is 8. The molecule has 12 aliphatic rings. The maximum Gasteiger partial charge on any atom is 0.480 e. The van der Waals surface area contributed by atoms with Gasteiger partial charge in [0.25, 0.3) is 0 Å². The zero-order valence-corrected chi connectivity index (χ0v) is 51.7. The molecule has 0 amide bonds. The van der Waals surface area contributed by atoms with E-state index in [4.69, 9.17) is 5.65 Å². The highest BCUT2D eigenvalue weighted by molar-refractivity contribution is 8.14. The van der Waals surface area contributed by atoms with Gasteiger partial charge >= 0.3 is 49.7 Å². The monoisotopic (exact) mass is 1580 g/mol. The molecule has 28 nitrogen and oxygen atoms in total. The van der Waals surface area contributed by atoms with E-state index in [9.17, 15) is 173 Å². The van der Waals surface area contributed by atoms with Crippen LogP contribution in [0.5, 0.6) is 0 Å². The minimum Gasteiger partial charge on any atom is -0.421 e. The predicted octanol–water partition coefficient (Wildman–Crippen LogP) is -2.96. The van der Waals surface area contributed by atoms with Crippen LogP contribution in [0.2, 0.25) is 5.65 Å². The fourth-order valence-electron chi connectivity index (χ4n) is 6.93. The number of quaternary nitrogens is 4. The maximum absolute atomic E-state index is 11.4. The Bertz CT molecular complexity index is 2860. The molecule has 0 atom stereocenters. The Hall–Kier alpha value is -2.56. The second-order valence-corrected chi connectivity index (χ2v) is 32.1. The zero-order chi connectivity index (χ0) is 76.1. The Morgan fingerprint density at radius 2 is 0.283 bits per heavy atom. The summed E-state index contributed by atoms with van der Waals surface area (Å²) in [6.07, 6.45) is 0. The van der Waals surface area contributed by atoms with Crippen molar-refractivity contribution >= 4 is 80.2 Å². The van der Waals surface area contributed by atoms with Crippen molar-refractivity contribution in [2.24, 2.45) is 0 Å². The second kappa shape index (κ2) is 32.0. The van der Waals surface area contributed by atoms with Crippen molar-refractivity contribution in [2.45, 2.75) is 44.1 Å². The van der Waals surface area contributed by atoms with Crippen LogP contribution in [-0.4, -0.2) is 288 Å². The van der Waals surface area contributed by atoms with E-state index >= 15 is 0 Å². The highest BCUT2D eigenvalue weighted by Gasteiger charge is 2.51. The molecule has 12 saturated heterocycles. The van der Waals surface area contributed by atoms with Crippen LogP contribution in [0.3, 0.4) is 0 Å². The topological polar surface area (TPSA) is 360 Å². The Labute approximate surface area is 513 Å². The van der Waals surface area contributed by atoms with Crippen molar-refractivity contribution in [1.82, 2.24) is 19.6 Å². The van der Waals surface area contributed by atoms with Gasteiger partial charge in [-0.1, -0.05) is 0 Å². The fourth-order valence-corrected chi connectivity index (χ4v) is 13.8. The van der Waals surface area contributed by atoms with Crippen LogP contribution in [0.4, 0.5) is 105 Å². The molecule has 0 aliphatic carbocycles. The van der Waals surface area contributed by atoms with Gasteiger partial charge in [-0.15, -0.1) is 0 Å². The SMILES string of the molecule is O=S(=O)([N-]S(=O)(=O)C(F)(F)F)C(F)(F)F.O=S(=O)([N-]S(=O)(=O)C(F)(F)F)C(F)(F)F.O=S(=O)([N-]S(=O)(=O)C(F)(F)F)C(F)(F)F.O=S(=O)([N-]S(=O)(=O)C(F)(F)F)C(F)(F)F.[2H][N+]12CCN(CC1)CC2.[2H][N+]12CCN(CC1)CC2.[2H][N+]12CCN(CC1)CC2.[2H][N+]12CCN(CC1)CC2. The number of hydrogen-bond donors (Lipinski definition) is 4. The first kappa shape index (κ1) is 80.1. The summed E-state index contributed by atoms with van der Waals surface area (Å²) in [5.74, 6) is 0. The van der Waals surface area contributed by atoms with E-state index in [0.29, 0.717) is 19.6 Å². The van der Waals surface area contributed by atoms with E-state index < -0.39 is 124 Å². The summed E-state index contributed by atoms with van der Waals surface area (Å²) in [5.41, 5.74) is -49.6. The zero-order valence-electron chi connectivity index (χ0n) is 49.2. The van der Waals surface area contributed by atoms with Crippen molar-refractivity contribution in [3.63, 3.8) is 0 Å². The molecule has 0 aromatic rings. The van der Waals surface area contributed by atoms with Crippen LogP contribution in [0.1, 0.15) is 0 Å². The van der Waals surface area contributed by atoms with Crippen molar-refractivity contribution in [3.8, 4) is 0 Å². The highest BCUT2D eigenvalue weighted by atomic mass is 32.3. The van der Waals surface area contributed by atoms with Gasteiger partial charge in [-0.2, -0.15) is 105 Å². The molecule has 0 saturated carbocycles. The standard InChI is InChI=1S/4C6H12N2.4C2F6NO4S2/c4*1-2-8-5-3-7(1)4-6-8;4*3-1(4,5)14(10,11)9-15(12,13)2(6,7)8/h4*1-6H2;;;;/q;;;;4*-1/p+4/i/hD4. The number of fused-ring (bicyclic) bond motifs is 12. The Balaban J connectivity index is 0.000000553. The summed E-state index contributed by atoms with van der Waals surface area (Å²) < 4.78 is 468. The first-order valence-electron chi connectivity index (χ1n) is 25.7. The van der Waals surface area contributed by atoms with Crippen molar-refractivity contribution < 1.29 is 198 Å². The molecule has 4 N–H and O–H groups in total. The van der Waals surface area contributed by atoms with Gasteiger partial charge in [0.05, 0.1) is 78.5 Å². The Morgan fingerprint density at radius 3 is 0.326 bits per heavy atom. The van der Waals surface area contributed by atoms with Gasteiger partial charge in [-0.05, 0) is 0 Å². The number of rotatable bonds is 8. The van der Waals surface area contributed by atoms with E-state index in [1.54, 1.807) is 0 Å². The third-order valence-corrected chi connectivity index (χ3v) is 22.9. The number of nitrogens with one attached hydrogen (secondary N) is 4. The average Bonchev–Trinajstić information content (AvgIpc) is 0.811. The van der Waals surface area contributed by atoms with Gasteiger partial charge in [-0.25, -0.2) is 67.3 Å². The first-order chi connectivity index (χ1) is 42.0. The number of halogens is 24. The third-order valence-electron chi connectivity index (χ3n) is 11.9. The van der Waals surface area contributed by atoms with Crippen LogP contribution in [0.25, 0.3) is 16.5 Å². The van der Waals surface area contributed by atoms with Crippen LogP contribution < -0.4 is 19.6 Å². The molecule has 0 aromatic heterocycles. The van der Waals surface area contributed by atoms with Crippen LogP contribution in [-0.2, 0) is 80.2 Å². The predicted molar refractivity (Wildman–Crippen MR) is 261 cm³/mol. The summed E-state index contributed by atoms with van der Waals surface area (Å²) in [4.78, 5) is 12.2.